The van der Waals surface area contributed by atoms with E-state index in [0.717, 1.165) is 0 Å². The Morgan fingerprint density at radius 2 is 2.29 bits per heavy atom. The van der Waals surface area contributed by atoms with Crippen LogP contribution in [0.2, 0.25) is 0 Å². The quantitative estimate of drug-likeness (QED) is 0.541. The highest BCUT2D eigenvalue weighted by atomic mass is 16.6. The number of hydrogen-bond acceptors (Lipinski definition) is 8. The van der Waals surface area contributed by atoms with Crippen LogP contribution in [0, 0.1) is 0 Å². The van der Waals surface area contributed by atoms with Crippen molar-refractivity contribution < 1.29 is 20.1 Å². The summed E-state index contributed by atoms with van der Waals surface area (Å²) >= 11 is 0. The summed E-state index contributed by atoms with van der Waals surface area (Å²) in [5.41, 5.74) is 5.28. The van der Waals surface area contributed by atoms with Crippen molar-refractivity contribution >= 4 is 17.0 Å². The molecule has 3 heterocycles. The van der Waals surface area contributed by atoms with Gasteiger partial charge in [0.05, 0.1) is 25.1 Å². The van der Waals surface area contributed by atoms with Crippen LogP contribution in [0.4, 0.5) is 5.82 Å². The largest absolute Gasteiger partial charge is 0.394 e. The van der Waals surface area contributed by atoms with Gasteiger partial charge in [-0.2, -0.15) is 0 Å². The van der Waals surface area contributed by atoms with Crippen LogP contribution in [-0.4, -0.2) is 59.8 Å². The fraction of sp³-hybridized carbons (Fsp3) is 0.583. The zero-order valence-electron chi connectivity index (χ0n) is 11.4. The van der Waals surface area contributed by atoms with Gasteiger partial charge >= 0.3 is 0 Å². The third-order valence-corrected chi connectivity index (χ3v) is 3.89. The van der Waals surface area contributed by atoms with Gasteiger partial charge in [0.2, 0.25) is 0 Å². The first kappa shape index (κ1) is 14.1. The van der Waals surface area contributed by atoms with Crippen molar-refractivity contribution in [2.24, 2.45) is 0 Å². The summed E-state index contributed by atoms with van der Waals surface area (Å²) in [5, 5.41) is 29.5. The first-order chi connectivity index (χ1) is 9.99. The van der Waals surface area contributed by atoms with E-state index in [0.29, 0.717) is 11.2 Å². The Hall–Kier alpha value is -1.81. The van der Waals surface area contributed by atoms with Crippen molar-refractivity contribution in [1.29, 1.82) is 0 Å². The maximum Gasteiger partial charge on any atom is 0.176 e. The molecule has 1 aliphatic heterocycles. The van der Waals surface area contributed by atoms with E-state index >= 15 is 0 Å². The molecule has 0 aromatic carbocycles. The molecule has 0 radical (unpaired) electrons. The van der Waals surface area contributed by atoms with E-state index in [1.807, 2.05) is 0 Å². The number of aliphatic hydroxyl groups excluding tert-OH is 3. The molecule has 1 saturated heterocycles. The summed E-state index contributed by atoms with van der Waals surface area (Å²) in [5.74, 6) is 0.219. The molecule has 2 aromatic heterocycles. The fourth-order valence-electron chi connectivity index (χ4n) is 2.73. The van der Waals surface area contributed by atoms with E-state index < -0.39 is 24.0 Å². The summed E-state index contributed by atoms with van der Waals surface area (Å²) in [7, 11) is 0. The molecule has 1 aliphatic rings. The molecule has 0 aliphatic carbocycles. The van der Waals surface area contributed by atoms with E-state index in [1.54, 1.807) is 6.92 Å². The number of aromatic nitrogens is 4. The van der Waals surface area contributed by atoms with E-state index in [9.17, 15) is 15.3 Å². The van der Waals surface area contributed by atoms with Crippen molar-refractivity contribution in [2.45, 2.75) is 37.4 Å². The second kappa shape index (κ2) is 4.88. The van der Waals surface area contributed by atoms with Gasteiger partial charge in [0.25, 0.3) is 0 Å². The van der Waals surface area contributed by atoms with Crippen LogP contribution in [0.25, 0.3) is 11.2 Å². The number of anilines is 1. The van der Waals surface area contributed by atoms with Crippen molar-refractivity contribution in [2.75, 3.05) is 12.3 Å². The molecule has 2 aromatic rings. The topological polar surface area (TPSA) is 140 Å². The maximum absolute atomic E-state index is 10.2. The minimum Gasteiger partial charge on any atom is -0.394 e. The molecule has 0 amide bonds. The van der Waals surface area contributed by atoms with Gasteiger partial charge in [-0.05, 0) is 6.92 Å². The molecular weight excluding hydrogens is 278 g/mol. The number of ether oxygens (including phenoxy) is 1. The van der Waals surface area contributed by atoms with Gasteiger partial charge in [-0.1, -0.05) is 0 Å². The van der Waals surface area contributed by atoms with E-state index in [2.05, 4.69) is 15.0 Å². The lowest BCUT2D eigenvalue weighted by Crippen LogP contribution is -2.44. The average molecular weight is 295 g/mol. The molecule has 0 spiro atoms. The van der Waals surface area contributed by atoms with Crippen molar-refractivity contribution in [3.63, 3.8) is 0 Å². The number of aliphatic hydroxyl groups is 3. The standard InChI is InChI=1S/C12H17N5O4/c1-6(19)12(2-7(20)8(3-18)21-12)17-5-16-9-10(13)14-4-15-11(9)17/h4-8,18-20H,2-3H2,1H3,(H2,13,14,15). The molecule has 3 rings (SSSR count). The minimum absolute atomic E-state index is 0.102. The minimum atomic E-state index is -1.26. The summed E-state index contributed by atoms with van der Waals surface area (Å²) in [6.07, 6.45) is 0.190. The predicted molar refractivity (Wildman–Crippen MR) is 72.0 cm³/mol. The van der Waals surface area contributed by atoms with Gasteiger partial charge < -0.3 is 25.8 Å². The number of nitrogen functional groups attached to an aromatic ring is 1. The lowest BCUT2D eigenvalue weighted by Gasteiger charge is -2.33. The highest BCUT2D eigenvalue weighted by Crippen LogP contribution is 2.39. The molecule has 1 fully saturated rings. The van der Waals surface area contributed by atoms with E-state index in [1.165, 1.54) is 17.2 Å². The van der Waals surface area contributed by atoms with Crippen LogP contribution >= 0.6 is 0 Å². The molecule has 0 bridgehead atoms. The second-order valence-electron chi connectivity index (χ2n) is 5.18. The lowest BCUT2D eigenvalue weighted by molar-refractivity contribution is -0.169. The number of nitrogens with zero attached hydrogens (tertiary/aromatic N) is 4. The van der Waals surface area contributed by atoms with Crippen molar-refractivity contribution in [3.05, 3.63) is 12.7 Å². The molecule has 4 atom stereocenters. The molecule has 0 saturated carbocycles. The molecule has 9 nitrogen and oxygen atoms in total. The van der Waals surface area contributed by atoms with E-state index in [4.69, 9.17) is 10.5 Å². The lowest BCUT2D eigenvalue weighted by atomic mass is 10.0. The van der Waals surface area contributed by atoms with Crippen molar-refractivity contribution in [3.8, 4) is 0 Å². The smallest absolute Gasteiger partial charge is 0.176 e. The normalized spacial score (nSPS) is 30.9. The van der Waals surface area contributed by atoms with Crippen molar-refractivity contribution in [1.82, 2.24) is 19.5 Å². The Labute approximate surface area is 120 Å². The maximum atomic E-state index is 10.2. The third-order valence-electron chi connectivity index (χ3n) is 3.89. The Morgan fingerprint density at radius 3 is 2.90 bits per heavy atom. The molecule has 4 unspecified atom stereocenters. The highest BCUT2D eigenvalue weighted by Gasteiger charge is 2.51. The van der Waals surface area contributed by atoms with Crippen LogP contribution in [0.1, 0.15) is 13.3 Å². The number of fused-ring (bicyclic) bond motifs is 1. The number of hydrogen-bond donors (Lipinski definition) is 4. The number of nitrogens with two attached hydrogens (primary N) is 1. The zero-order valence-corrected chi connectivity index (χ0v) is 11.4. The van der Waals surface area contributed by atoms with E-state index in [-0.39, 0.29) is 18.8 Å². The Morgan fingerprint density at radius 1 is 1.52 bits per heavy atom. The number of rotatable bonds is 3. The SMILES string of the molecule is CC(O)C1(n2cnc3c(N)ncnc32)CC(O)C(CO)O1. The van der Waals surface area contributed by atoms with Crippen LogP contribution in [-0.2, 0) is 10.5 Å². The molecule has 114 valence electrons. The Bertz CT molecular complexity index is 660. The summed E-state index contributed by atoms with van der Waals surface area (Å²) in [4.78, 5) is 12.1. The number of imidazole rings is 1. The van der Waals surface area contributed by atoms with Crippen LogP contribution in [0.15, 0.2) is 12.7 Å². The summed E-state index contributed by atoms with van der Waals surface area (Å²) in [6.45, 7) is 1.20. The molecule has 5 N–H and O–H groups in total. The second-order valence-corrected chi connectivity index (χ2v) is 5.18. The van der Waals surface area contributed by atoms with Gasteiger partial charge in [-0.15, -0.1) is 0 Å². The first-order valence-corrected chi connectivity index (χ1v) is 6.58. The van der Waals surface area contributed by atoms with Crippen LogP contribution in [0.3, 0.4) is 0 Å². The van der Waals surface area contributed by atoms with Crippen LogP contribution in [0.5, 0.6) is 0 Å². The Kier molecular flexibility index (Phi) is 3.29. The highest BCUT2D eigenvalue weighted by molar-refractivity contribution is 5.81. The van der Waals surface area contributed by atoms with Gasteiger partial charge in [0.15, 0.2) is 17.2 Å². The van der Waals surface area contributed by atoms with Crippen LogP contribution < -0.4 is 5.73 Å². The summed E-state index contributed by atoms with van der Waals surface area (Å²) in [6, 6.07) is 0. The van der Waals surface area contributed by atoms with Gasteiger partial charge in [0, 0.05) is 6.42 Å². The van der Waals surface area contributed by atoms with Gasteiger partial charge in [0.1, 0.15) is 17.9 Å². The fourth-order valence-corrected chi connectivity index (χ4v) is 2.73. The average Bonchev–Trinajstić information content (AvgIpc) is 3.01. The summed E-state index contributed by atoms with van der Waals surface area (Å²) < 4.78 is 7.27. The monoisotopic (exact) mass is 295 g/mol. The predicted octanol–water partition coefficient (Wildman–Crippen LogP) is -1.42. The van der Waals surface area contributed by atoms with Gasteiger partial charge in [-0.3, -0.25) is 4.57 Å². The zero-order chi connectivity index (χ0) is 15.2. The molecular formula is C12H17N5O4. The Balaban J connectivity index is 2.16. The third kappa shape index (κ3) is 1.97. The first-order valence-electron chi connectivity index (χ1n) is 6.58. The van der Waals surface area contributed by atoms with Gasteiger partial charge in [-0.25, -0.2) is 15.0 Å². The molecule has 21 heavy (non-hydrogen) atoms. The molecule has 9 heteroatoms.